The van der Waals surface area contributed by atoms with Gasteiger partial charge in [-0.2, -0.15) is 0 Å². The first-order chi connectivity index (χ1) is 6.77. The van der Waals surface area contributed by atoms with Crippen molar-refractivity contribution < 1.29 is 9.53 Å². The molecular weight excluding hydrogens is 214 g/mol. The van der Waals surface area contributed by atoms with E-state index < -0.39 is 0 Å². The molecule has 15 heavy (non-hydrogen) atoms. The molecule has 84 valence electrons. The molecule has 0 aliphatic carbocycles. The van der Waals surface area contributed by atoms with Crippen molar-refractivity contribution in [2.45, 2.75) is 13.3 Å². The zero-order valence-corrected chi connectivity index (χ0v) is 9.55. The minimum absolute atomic E-state index is 0. The second kappa shape index (κ2) is 7.26. The maximum absolute atomic E-state index is 11.3. The molecule has 0 aliphatic heterocycles. The van der Waals surface area contributed by atoms with E-state index in [1.54, 1.807) is 19.1 Å². The molecule has 0 saturated heterocycles. The van der Waals surface area contributed by atoms with E-state index in [1.807, 2.05) is 12.1 Å². The Bertz CT molecular complexity index is 298. The van der Waals surface area contributed by atoms with Crippen LogP contribution in [-0.4, -0.2) is 19.1 Å². The summed E-state index contributed by atoms with van der Waals surface area (Å²) < 4.78 is 4.86. The lowest BCUT2D eigenvalue weighted by atomic mass is 10.1. The zero-order valence-electron chi connectivity index (χ0n) is 8.73. The summed E-state index contributed by atoms with van der Waals surface area (Å²) >= 11 is 0. The molecule has 0 radical (unpaired) electrons. The summed E-state index contributed by atoms with van der Waals surface area (Å²) in [5, 5.41) is 0. The molecule has 4 heteroatoms. The van der Waals surface area contributed by atoms with Gasteiger partial charge in [-0.05, 0) is 37.6 Å². The molecular formula is C11H16ClNO2. The van der Waals surface area contributed by atoms with E-state index in [-0.39, 0.29) is 18.4 Å². The van der Waals surface area contributed by atoms with Gasteiger partial charge in [0.1, 0.15) is 0 Å². The second-order valence-corrected chi connectivity index (χ2v) is 2.96. The Labute approximate surface area is 96.0 Å². The van der Waals surface area contributed by atoms with Crippen molar-refractivity contribution >= 4 is 18.4 Å². The fourth-order valence-electron chi connectivity index (χ4n) is 1.19. The number of hydrogen-bond acceptors (Lipinski definition) is 3. The van der Waals surface area contributed by atoms with Gasteiger partial charge in [0, 0.05) is 0 Å². The molecule has 1 aromatic rings. The number of hydrogen-bond donors (Lipinski definition) is 1. The average molecular weight is 230 g/mol. The summed E-state index contributed by atoms with van der Waals surface area (Å²) in [7, 11) is 0. The lowest BCUT2D eigenvalue weighted by molar-refractivity contribution is 0.0526. The second-order valence-electron chi connectivity index (χ2n) is 2.96. The molecule has 0 unspecified atom stereocenters. The van der Waals surface area contributed by atoms with Crippen LogP contribution in [0.1, 0.15) is 22.8 Å². The Kier molecular flexibility index (Phi) is 6.75. The minimum atomic E-state index is -0.271. The van der Waals surface area contributed by atoms with Gasteiger partial charge < -0.3 is 10.5 Å². The van der Waals surface area contributed by atoms with Gasteiger partial charge in [-0.15, -0.1) is 12.4 Å². The fourth-order valence-corrected chi connectivity index (χ4v) is 1.19. The predicted octanol–water partition coefficient (Wildman–Crippen LogP) is 1.79. The molecule has 0 heterocycles. The molecule has 0 atom stereocenters. The molecule has 0 saturated carbocycles. The topological polar surface area (TPSA) is 52.3 Å². The summed E-state index contributed by atoms with van der Waals surface area (Å²) in [5.74, 6) is -0.271. The predicted molar refractivity (Wildman–Crippen MR) is 62.4 cm³/mol. The van der Waals surface area contributed by atoms with Crippen LogP contribution in [0.5, 0.6) is 0 Å². The van der Waals surface area contributed by atoms with Crippen LogP contribution in [-0.2, 0) is 11.2 Å². The largest absolute Gasteiger partial charge is 0.462 e. The van der Waals surface area contributed by atoms with Crippen LogP contribution >= 0.6 is 12.4 Å². The quantitative estimate of drug-likeness (QED) is 0.801. The molecule has 0 spiro atoms. The van der Waals surface area contributed by atoms with Crippen LogP contribution in [0.3, 0.4) is 0 Å². The third-order valence-corrected chi connectivity index (χ3v) is 1.90. The van der Waals surface area contributed by atoms with Crippen LogP contribution in [0.2, 0.25) is 0 Å². The number of carbonyl (C=O) groups is 1. The van der Waals surface area contributed by atoms with Crippen molar-refractivity contribution in [3.8, 4) is 0 Å². The number of ether oxygens (including phenoxy) is 1. The Balaban J connectivity index is 0.00000196. The molecule has 0 aromatic heterocycles. The highest BCUT2D eigenvalue weighted by Gasteiger charge is 2.04. The smallest absolute Gasteiger partial charge is 0.338 e. The summed E-state index contributed by atoms with van der Waals surface area (Å²) in [6, 6.07) is 7.34. The van der Waals surface area contributed by atoms with Gasteiger partial charge in [0.25, 0.3) is 0 Å². The van der Waals surface area contributed by atoms with E-state index in [9.17, 15) is 4.79 Å². The van der Waals surface area contributed by atoms with Gasteiger partial charge >= 0.3 is 5.97 Å². The summed E-state index contributed by atoms with van der Waals surface area (Å²) in [6.45, 7) is 2.82. The van der Waals surface area contributed by atoms with E-state index in [4.69, 9.17) is 10.5 Å². The van der Waals surface area contributed by atoms with Crippen LogP contribution in [0.4, 0.5) is 0 Å². The van der Waals surface area contributed by atoms with E-state index >= 15 is 0 Å². The number of benzene rings is 1. The molecule has 1 aromatic carbocycles. The Morgan fingerprint density at radius 3 is 2.40 bits per heavy atom. The highest BCUT2D eigenvalue weighted by atomic mass is 35.5. The average Bonchev–Trinajstić information content (AvgIpc) is 2.20. The summed E-state index contributed by atoms with van der Waals surface area (Å²) in [4.78, 5) is 11.3. The molecule has 2 N–H and O–H groups in total. The lowest BCUT2D eigenvalue weighted by Gasteiger charge is -2.02. The summed E-state index contributed by atoms with van der Waals surface area (Å²) in [6.07, 6.45) is 0.836. The standard InChI is InChI=1S/C11H15NO2.ClH/c1-2-14-11(13)10-5-3-9(4-6-10)7-8-12;/h3-6H,2,7-8,12H2,1H3;1H. The van der Waals surface area contributed by atoms with Gasteiger partial charge in [-0.25, -0.2) is 4.79 Å². The molecule has 3 nitrogen and oxygen atoms in total. The zero-order chi connectivity index (χ0) is 10.4. The van der Waals surface area contributed by atoms with Gasteiger partial charge in [0.15, 0.2) is 0 Å². The Hall–Kier alpha value is -1.06. The van der Waals surface area contributed by atoms with Gasteiger partial charge in [0.2, 0.25) is 0 Å². The molecule has 0 amide bonds. The third kappa shape index (κ3) is 4.32. The van der Waals surface area contributed by atoms with Crippen LogP contribution < -0.4 is 5.73 Å². The van der Waals surface area contributed by atoms with Gasteiger partial charge in [-0.3, -0.25) is 0 Å². The van der Waals surface area contributed by atoms with Crippen molar-refractivity contribution in [1.82, 2.24) is 0 Å². The Morgan fingerprint density at radius 1 is 1.33 bits per heavy atom. The van der Waals surface area contributed by atoms with Crippen molar-refractivity contribution in [2.24, 2.45) is 5.73 Å². The van der Waals surface area contributed by atoms with E-state index in [2.05, 4.69) is 0 Å². The van der Waals surface area contributed by atoms with Crippen LogP contribution in [0.25, 0.3) is 0 Å². The van der Waals surface area contributed by atoms with Crippen LogP contribution in [0, 0.1) is 0 Å². The SMILES string of the molecule is CCOC(=O)c1ccc(CCN)cc1.Cl. The van der Waals surface area contributed by atoms with Crippen molar-refractivity contribution in [2.75, 3.05) is 13.2 Å². The maximum atomic E-state index is 11.3. The monoisotopic (exact) mass is 229 g/mol. The number of nitrogens with two attached hydrogens (primary N) is 1. The van der Waals surface area contributed by atoms with E-state index in [0.717, 1.165) is 12.0 Å². The minimum Gasteiger partial charge on any atom is -0.462 e. The number of carbonyl (C=O) groups excluding carboxylic acids is 1. The molecule has 1 rings (SSSR count). The van der Waals surface area contributed by atoms with Gasteiger partial charge in [-0.1, -0.05) is 12.1 Å². The van der Waals surface area contributed by atoms with Crippen LogP contribution in [0.15, 0.2) is 24.3 Å². The molecule has 0 fully saturated rings. The number of halogens is 1. The highest BCUT2D eigenvalue weighted by Crippen LogP contribution is 2.06. The number of esters is 1. The fraction of sp³-hybridized carbons (Fsp3) is 0.364. The van der Waals surface area contributed by atoms with Crippen molar-refractivity contribution in [1.29, 1.82) is 0 Å². The van der Waals surface area contributed by atoms with E-state index in [1.165, 1.54) is 0 Å². The highest BCUT2D eigenvalue weighted by molar-refractivity contribution is 5.89. The maximum Gasteiger partial charge on any atom is 0.338 e. The Morgan fingerprint density at radius 2 is 1.93 bits per heavy atom. The first-order valence-electron chi connectivity index (χ1n) is 4.74. The number of rotatable bonds is 4. The normalized spacial score (nSPS) is 9.20. The molecule has 0 aliphatic rings. The van der Waals surface area contributed by atoms with Crippen molar-refractivity contribution in [3.63, 3.8) is 0 Å². The first-order valence-corrected chi connectivity index (χ1v) is 4.74. The van der Waals surface area contributed by atoms with Crippen molar-refractivity contribution in [3.05, 3.63) is 35.4 Å². The molecule has 0 bridgehead atoms. The first kappa shape index (κ1) is 13.9. The third-order valence-electron chi connectivity index (χ3n) is 1.90. The summed E-state index contributed by atoms with van der Waals surface area (Å²) in [5.41, 5.74) is 7.14. The lowest BCUT2D eigenvalue weighted by Crippen LogP contribution is -2.06. The van der Waals surface area contributed by atoms with E-state index in [0.29, 0.717) is 18.7 Å². The van der Waals surface area contributed by atoms with Gasteiger partial charge in [0.05, 0.1) is 12.2 Å².